The molecule has 1 saturated carbocycles. The second-order valence-corrected chi connectivity index (χ2v) is 7.94. The Hall–Kier alpha value is -2.07. The average molecular weight is 346 g/mol. The van der Waals surface area contributed by atoms with Gasteiger partial charge in [0.1, 0.15) is 0 Å². The van der Waals surface area contributed by atoms with Crippen molar-refractivity contribution in [2.45, 2.75) is 71.1 Å². The molecule has 0 amide bonds. The van der Waals surface area contributed by atoms with Crippen molar-refractivity contribution >= 4 is 0 Å². The lowest BCUT2D eigenvalue weighted by molar-refractivity contribution is 0.224. The molecule has 0 unspecified atom stereocenters. The smallest absolute Gasteiger partial charge is 0.0689 e. The maximum absolute atomic E-state index is 9.67. The molecule has 0 heterocycles. The molecule has 136 valence electrons. The number of nitrogens with zero attached hydrogens (tertiary/aromatic N) is 1. The van der Waals surface area contributed by atoms with Gasteiger partial charge in [-0.05, 0) is 66.7 Å². The first-order valence-corrected chi connectivity index (χ1v) is 10.3. The van der Waals surface area contributed by atoms with Crippen LogP contribution in [-0.4, -0.2) is 0 Å². The Morgan fingerprint density at radius 3 is 2.00 bits per heavy atom. The molecule has 2 aromatic rings. The van der Waals surface area contributed by atoms with Crippen LogP contribution in [0.3, 0.4) is 0 Å². The zero-order chi connectivity index (χ0) is 18.4. The van der Waals surface area contributed by atoms with Gasteiger partial charge in [0.15, 0.2) is 0 Å². The molecule has 0 aliphatic heterocycles. The summed E-state index contributed by atoms with van der Waals surface area (Å²) in [5.74, 6) is 0.620. The first-order valence-electron chi connectivity index (χ1n) is 10.3. The summed E-state index contributed by atoms with van der Waals surface area (Å²) in [6.07, 6.45) is 8.98. The van der Waals surface area contributed by atoms with E-state index in [1.54, 1.807) is 0 Å². The molecule has 0 atom stereocenters. The highest BCUT2D eigenvalue weighted by Gasteiger charge is 2.35. The zero-order valence-electron chi connectivity index (χ0n) is 16.3. The molecule has 26 heavy (non-hydrogen) atoms. The van der Waals surface area contributed by atoms with E-state index in [2.05, 4.69) is 68.4 Å². The highest BCUT2D eigenvalue weighted by Crippen LogP contribution is 2.45. The highest BCUT2D eigenvalue weighted by atomic mass is 14.4. The van der Waals surface area contributed by atoms with E-state index in [1.807, 2.05) is 0 Å². The van der Waals surface area contributed by atoms with Gasteiger partial charge in [0.2, 0.25) is 0 Å². The van der Waals surface area contributed by atoms with Crippen LogP contribution in [0, 0.1) is 16.7 Å². The number of hydrogen-bond acceptors (Lipinski definition) is 1. The lowest BCUT2D eigenvalue weighted by atomic mass is 9.67. The standard InChI is InChI=1S/C25H31N/c1-3-5-16-25(19-26)17-14-24(15-18-25)23-12-10-22(11-13-23)21-8-6-20(4-2)7-9-21/h6-13,24H,3-5,14-18H2,1-2H3. The first-order chi connectivity index (χ1) is 12.7. The van der Waals surface area contributed by atoms with E-state index in [1.165, 1.54) is 35.1 Å². The van der Waals surface area contributed by atoms with Crippen LogP contribution in [0.1, 0.15) is 75.8 Å². The SMILES string of the molecule is CCCCC1(C#N)CCC(c2ccc(-c3ccc(CC)cc3)cc2)CC1. The van der Waals surface area contributed by atoms with Gasteiger partial charge in [-0.25, -0.2) is 0 Å². The Labute approximate surface area is 159 Å². The summed E-state index contributed by atoms with van der Waals surface area (Å²) in [6, 6.07) is 20.7. The molecule has 1 nitrogen and oxygen atoms in total. The van der Waals surface area contributed by atoms with Gasteiger partial charge in [-0.15, -0.1) is 0 Å². The molecule has 1 aliphatic rings. The minimum atomic E-state index is -0.0481. The predicted octanol–water partition coefficient (Wildman–Crippen LogP) is 7.27. The van der Waals surface area contributed by atoms with E-state index in [4.69, 9.17) is 0 Å². The number of rotatable bonds is 6. The summed E-state index contributed by atoms with van der Waals surface area (Å²) in [5.41, 5.74) is 5.37. The maximum Gasteiger partial charge on any atom is 0.0689 e. The minimum Gasteiger partial charge on any atom is -0.198 e. The molecule has 1 heteroatoms. The van der Waals surface area contributed by atoms with Crippen molar-refractivity contribution in [1.29, 1.82) is 5.26 Å². The first kappa shape index (κ1) is 18.7. The number of hydrogen-bond donors (Lipinski definition) is 0. The van der Waals surface area contributed by atoms with Gasteiger partial charge < -0.3 is 0 Å². The lowest BCUT2D eigenvalue weighted by Gasteiger charge is -2.35. The third kappa shape index (κ3) is 4.18. The molecule has 0 bridgehead atoms. The summed E-state index contributed by atoms with van der Waals surface area (Å²) in [4.78, 5) is 0. The van der Waals surface area contributed by atoms with Crippen LogP contribution >= 0.6 is 0 Å². The largest absolute Gasteiger partial charge is 0.198 e. The fourth-order valence-corrected chi connectivity index (χ4v) is 4.32. The van der Waals surface area contributed by atoms with Crippen LogP contribution < -0.4 is 0 Å². The van der Waals surface area contributed by atoms with Gasteiger partial charge in [0.25, 0.3) is 0 Å². The van der Waals surface area contributed by atoms with E-state index in [-0.39, 0.29) is 5.41 Å². The third-order valence-electron chi connectivity index (χ3n) is 6.27. The van der Waals surface area contributed by atoms with Crippen molar-refractivity contribution < 1.29 is 0 Å². The van der Waals surface area contributed by atoms with Crippen molar-refractivity contribution in [3.05, 3.63) is 59.7 Å². The molecular weight excluding hydrogens is 314 g/mol. The number of aryl methyl sites for hydroxylation is 1. The second-order valence-electron chi connectivity index (χ2n) is 7.94. The highest BCUT2D eigenvalue weighted by molar-refractivity contribution is 5.64. The van der Waals surface area contributed by atoms with E-state index in [0.29, 0.717) is 5.92 Å². The van der Waals surface area contributed by atoms with Gasteiger partial charge in [-0.2, -0.15) is 5.26 Å². The van der Waals surface area contributed by atoms with Crippen molar-refractivity contribution in [2.24, 2.45) is 5.41 Å². The fraction of sp³-hybridized carbons (Fsp3) is 0.480. The summed E-state index contributed by atoms with van der Waals surface area (Å²) in [7, 11) is 0. The Balaban J connectivity index is 1.65. The molecule has 0 N–H and O–H groups in total. The summed E-state index contributed by atoms with van der Waals surface area (Å²) in [5, 5.41) is 9.67. The molecule has 0 aromatic heterocycles. The molecule has 2 aromatic carbocycles. The Kier molecular flexibility index (Phi) is 6.15. The van der Waals surface area contributed by atoms with Crippen molar-refractivity contribution in [3.63, 3.8) is 0 Å². The van der Waals surface area contributed by atoms with Gasteiger partial charge in [-0.1, -0.05) is 75.2 Å². The monoisotopic (exact) mass is 345 g/mol. The quantitative estimate of drug-likeness (QED) is 0.540. The normalized spacial score (nSPS) is 22.7. The fourth-order valence-electron chi connectivity index (χ4n) is 4.32. The molecule has 0 spiro atoms. The maximum atomic E-state index is 9.67. The van der Waals surface area contributed by atoms with E-state index >= 15 is 0 Å². The predicted molar refractivity (Wildman–Crippen MR) is 110 cm³/mol. The lowest BCUT2D eigenvalue weighted by Crippen LogP contribution is -2.25. The summed E-state index contributed by atoms with van der Waals surface area (Å²) >= 11 is 0. The van der Waals surface area contributed by atoms with E-state index in [0.717, 1.165) is 38.5 Å². The second kappa shape index (κ2) is 8.54. The van der Waals surface area contributed by atoms with E-state index in [9.17, 15) is 5.26 Å². The Morgan fingerprint density at radius 2 is 1.50 bits per heavy atom. The van der Waals surface area contributed by atoms with Gasteiger partial charge in [0.05, 0.1) is 11.5 Å². The van der Waals surface area contributed by atoms with Crippen LogP contribution in [-0.2, 0) is 6.42 Å². The van der Waals surface area contributed by atoms with Crippen molar-refractivity contribution in [2.75, 3.05) is 0 Å². The minimum absolute atomic E-state index is 0.0481. The topological polar surface area (TPSA) is 23.8 Å². The number of unbranched alkanes of at least 4 members (excludes halogenated alkanes) is 1. The Bertz CT molecular complexity index is 725. The summed E-state index contributed by atoms with van der Waals surface area (Å²) < 4.78 is 0. The van der Waals surface area contributed by atoms with Gasteiger partial charge >= 0.3 is 0 Å². The molecular formula is C25H31N. The molecule has 0 radical (unpaired) electrons. The van der Waals surface area contributed by atoms with Crippen LogP contribution in [0.25, 0.3) is 11.1 Å². The molecule has 1 aliphatic carbocycles. The number of benzene rings is 2. The van der Waals surface area contributed by atoms with Gasteiger partial charge in [-0.3, -0.25) is 0 Å². The molecule has 1 fully saturated rings. The van der Waals surface area contributed by atoms with Crippen LogP contribution in [0.4, 0.5) is 0 Å². The van der Waals surface area contributed by atoms with E-state index < -0.39 is 0 Å². The van der Waals surface area contributed by atoms with Crippen LogP contribution in [0.15, 0.2) is 48.5 Å². The molecule has 3 rings (SSSR count). The average Bonchev–Trinajstić information content (AvgIpc) is 2.73. The third-order valence-corrected chi connectivity index (χ3v) is 6.27. The van der Waals surface area contributed by atoms with Crippen molar-refractivity contribution in [1.82, 2.24) is 0 Å². The number of nitriles is 1. The molecule has 0 saturated heterocycles. The van der Waals surface area contributed by atoms with Gasteiger partial charge in [0, 0.05) is 0 Å². The van der Waals surface area contributed by atoms with Crippen LogP contribution in [0.2, 0.25) is 0 Å². The zero-order valence-corrected chi connectivity index (χ0v) is 16.3. The van der Waals surface area contributed by atoms with Crippen LogP contribution in [0.5, 0.6) is 0 Å². The Morgan fingerprint density at radius 1 is 0.923 bits per heavy atom. The van der Waals surface area contributed by atoms with Crippen molar-refractivity contribution in [3.8, 4) is 17.2 Å². The summed E-state index contributed by atoms with van der Waals surface area (Å²) in [6.45, 7) is 4.41.